The van der Waals surface area contributed by atoms with Crippen molar-refractivity contribution in [3.05, 3.63) is 59.4 Å². The molecule has 0 saturated carbocycles. The summed E-state index contributed by atoms with van der Waals surface area (Å²) >= 11 is 0. The maximum atomic E-state index is 13.2. The van der Waals surface area contributed by atoms with Gasteiger partial charge in [0.15, 0.2) is 6.61 Å². The lowest BCUT2D eigenvalue weighted by atomic mass is 10.1. The number of hydrogen-bond acceptors (Lipinski definition) is 5. The average Bonchev–Trinajstić information content (AvgIpc) is 2.74. The third kappa shape index (κ3) is 7.31. The molecule has 1 aliphatic rings. The molecule has 3 rings (SSSR count). The molecule has 1 aliphatic heterocycles. The van der Waals surface area contributed by atoms with Crippen LogP contribution in [0.2, 0.25) is 0 Å². The number of amides is 1. The molecule has 0 aliphatic carbocycles. The highest BCUT2D eigenvalue weighted by atomic mass is 32.2. The lowest BCUT2D eigenvalue weighted by Gasteiger charge is -2.44. The highest BCUT2D eigenvalue weighted by Crippen LogP contribution is 2.35. The fourth-order valence-corrected chi connectivity index (χ4v) is 4.48. The number of rotatable bonds is 7. The van der Waals surface area contributed by atoms with Gasteiger partial charge in [-0.05, 0) is 49.7 Å². The SMILES string of the molecule is C[C@@H]1CN(Cc2ccc(F)cc2)[C@@H](C)CN1C(=O)COc1ccc(C(F)(F)F)cc1NS(C)(=O)=O. The maximum absolute atomic E-state index is 13.2. The zero-order valence-electron chi connectivity index (χ0n) is 19.5. The monoisotopic (exact) mass is 517 g/mol. The van der Waals surface area contributed by atoms with Crippen LogP contribution in [0.3, 0.4) is 0 Å². The van der Waals surface area contributed by atoms with Crippen molar-refractivity contribution in [3.8, 4) is 5.75 Å². The topological polar surface area (TPSA) is 79.0 Å². The van der Waals surface area contributed by atoms with E-state index in [1.165, 1.54) is 12.1 Å². The van der Waals surface area contributed by atoms with Crippen molar-refractivity contribution in [2.24, 2.45) is 0 Å². The van der Waals surface area contributed by atoms with Gasteiger partial charge in [0.25, 0.3) is 5.91 Å². The Kier molecular flexibility index (Phi) is 7.95. The van der Waals surface area contributed by atoms with Crippen LogP contribution in [0, 0.1) is 5.82 Å². The van der Waals surface area contributed by atoms with Crippen molar-refractivity contribution in [1.82, 2.24) is 9.80 Å². The molecule has 0 unspecified atom stereocenters. The lowest BCUT2D eigenvalue weighted by Crippen LogP contribution is -2.58. The molecule has 1 heterocycles. The smallest absolute Gasteiger partial charge is 0.416 e. The van der Waals surface area contributed by atoms with E-state index in [1.807, 2.05) is 18.6 Å². The molecule has 7 nitrogen and oxygen atoms in total. The second kappa shape index (κ2) is 10.4. The van der Waals surface area contributed by atoms with E-state index in [0.29, 0.717) is 25.7 Å². The fraction of sp³-hybridized carbons (Fsp3) is 0.435. The number of piperazine rings is 1. The molecule has 12 heteroatoms. The molecule has 1 fully saturated rings. The summed E-state index contributed by atoms with van der Waals surface area (Å²) in [6.45, 7) is 4.91. The highest BCUT2D eigenvalue weighted by Gasteiger charge is 2.33. The Balaban J connectivity index is 1.66. The molecule has 1 N–H and O–H groups in total. The first-order chi connectivity index (χ1) is 16.2. The van der Waals surface area contributed by atoms with Gasteiger partial charge < -0.3 is 9.64 Å². The summed E-state index contributed by atoms with van der Waals surface area (Å²) in [6.07, 6.45) is -3.88. The summed E-state index contributed by atoms with van der Waals surface area (Å²) in [5.74, 6) is -0.878. The van der Waals surface area contributed by atoms with Crippen molar-refractivity contribution in [2.45, 2.75) is 38.7 Å². The number of sulfonamides is 1. The third-order valence-electron chi connectivity index (χ3n) is 5.69. The van der Waals surface area contributed by atoms with E-state index in [2.05, 4.69) is 4.90 Å². The Labute approximate surface area is 201 Å². The van der Waals surface area contributed by atoms with E-state index in [-0.39, 0.29) is 29.6 Å². The van der Waals surface area contributed by atoms with E-state index in [0.717, 1.165) is 24.0 Å². The number of carbonyl (C=O) groups excluding carboxylic acids is 1. The Morgan fingerprint density at radius 1 is 1.09 bits per heavy atom. The van der Waals surface area contributed by atoms with Crippen LogP contribution in [-0.2, 0) is 27.5 Å². The van der Waals surface area contributed by atoms with Gasteiger partial charge in [-0.2, -0.15) is 13.2 Å². The summed E-state index contributed by atoms with van der Waals surface area (Å²) in [4.78, 5) is 16.7. The van der Waals surface area contributed by atoms with Gasteiger partial charge in [-0.25, -0.2) is 12.8 Å². The van der Waals surface area contributed by atoms with Gasteiger partial charge in [-0.1, -0.05) is 12.1 Å². The minimum Gasteiger partial charge on any atom is -0.482 e. The molecule has 0 bridgehead atoms. The molecule has 192 valence electrons. The van der Waals surface area contributed by atoms with Crippen LogP contribution in [-0.4, -0.2) is 62.2 Å². The predicted molar refractivity (Wildman–Crippen MR) is 123 cm³/mol. The number of nitrogens with zero attached hydrogens (tertiary/aromatic N) is 2. The summed E-state index contributed by atoms with van der Waals surface area (Å²) < 4.78 is 83.0. The van der Waals surface area contributed by atoms with Crippen molar-refractivity contribution in [1.29, 1.82) is 0 Å². The van der Waals surface area contributed by atoms with Crippen molar-refractivity contribution >= 4 is 21.6 Å². The summed E-state index contributed by atoms with van der Waals surface area (Å²) in [7, 11) is -3.89. The van der Waals surface area contributed by atoms with Crippen LogP contribution in [0.5, 0.6) is 5.75 Å². The minimum atomic E-state index is -4.68. The van der Waals surface area contributed by atoms with Crippen LogP contribution < -0.4 is 9.46 Å². The predicted octanol–water partition coefficient (Wildman–Crippen LogP) is 3.72. The molecule has 35 heavy (non-hydrogen) atoms. The zero-order chi connectivity index (χ0) is 26.0. The number of hydrogen-bond donors (Lipinski definition) is 1. The van der Waals surface area contributed by atoms with Gasteiger partial charge in [0, 0.05) is 31.7 Å². The Morgan fingerprint density at radius 2 is 1.74 bits per heavy atom. The quantitative estimate of drug-likeness (QED) is 0.567. The number of carbonyl (C=O) groups is 1. The summed E-state index contributed by atoms with van der Waals surface area (Å²) in [5, 5.41) is 0. The van der Waals surface area contributed by atoms with Crippen LogP contribution in [0.25, 0.3) is 0 Å². The zero-order valence-corrected chi connectivity index (χ0v) is 20.3. The molecule has 2 aromatic carbocycles. The number of nitrogens with one attached hydrogen (secondary N) is 1. The summed E-state index contributed by atoms with van der Waals surface area (Å²) in [5.41, 5.74) is -0.510. The molecule has 0 spiro atoms. The number of anilines is 1. The molecular formula is C23H27F4N3O4S. The van der Waals surface area contributed by atoms with E-state index in [1.54, 1.807) is 17.0 Å². The second-order valence-corrected chi connectivity index (χ2v) is 10.4. The van der Waals surface area contributed by atoms with E-state index in [9.17, 15) is 30.8 Å². The van der Waals surface area contributed by atoms with Gasteiger partial charge in [-0.3, -0.25) is 14.4 Å². The summed E-state index contributed by atoms with van der Waals surface area (Å²) in [6, 6.07) is 8.40. The first-order valence-corrected chi connectivity index (χ1v) is 12.7. The van der Waals surface area contributed by atoms with Gasteiger partial charge in [0.2, 0.25) is 10.0 Å². The van der Waals surface area contributed by atoms with Crippen LogP contribution in [0.1, 0.15) is 25.0 Å². The fourth-order valence-electron chi connectivity index (χ4n) is 3.92. The molecule has 0 radical (unpaired) electrons. The standard InChI is InChI=1S/C23H27F4N3O4S/c1-15-12-30(16(2)11-29(15)13-17-4-7-19(24)8-5-17)22(31)14-34-21-9-6-18(23(25,26)27)10-20(21)28-35(3,32)33/h4-10,15-16,28H,11-14H2,1-3H3/t15-,16+/m0/s1. The maximum Gasteiger partial charge on any atom is 0.416 e. The number of benzene rings is 2. The number of alkyl halides is 3. The molecule has 1 saturated heterocycles. The van der Waals surface area contributed by atoms with Crippen molar-refractivity contribution in [3.63, 3.8) is 0 Å². The van der Waals surface area contributed by atoms with Crippen LogP contribution in [0.4, 0.5) is 23.2 Å². The normalized spacial score (nSPS) is 19.5. The van der Waals surface area contributed by atoms with E-state index in [4.69, 9.17) is 4.74 Å². The molecular weight excluding hydrogens is 490 g/mol. The Hall–Kier alpha value is -2.86. The second-order valence-electron chi connectivity index (χ2n) is 8.67. The van der Waals surface area contributed by atoms with Gasteiger partial charge >= 0.3 is 6.18 Å². The number of halogens is 4. The minimum absolute atomic E-state index is 0.00580. The van der Waals surface area contributed by atoms with E-state index < -0.39 is 34.1 Å². The van der Waals surface area contributed by atoms with Crippen LogP contribution >= 0.6 is 0 Å². The molecule has 0 aromatic heterocycles. The number of ether oxygens (including phenoxy) is 1. The Morgan fingerprint density at radius 3 is 2.34 bits per heavy atom. The van der Waals surface area contributed by atoms with Crippen LogP contribution in [0.15, 0.2) is 42.5 Å². The molecule has 2 atom stereocenters. The Bertz CT molecular complexity index is 1160. The largest absolute Gasteiger partial charge is 0.482 e. The van der Waals surface area contributed by atoms with Gasteiger partial charge in [0.05, 0.1) is 17.5 Å². The van der Waals surface area contributed by atoms with Gasteiger partial charge in [0.1, 0.15) is 11.6 Å². The molecule has 2 aromatic rings. The van der Waals surface area contributed by atoms with Gasteiger partial charge in [-0.15, -0.1) is 0 Å². The lowest BCUT2D eigenvalue weighted by molar-refractivity contribution is -0.140. The average molecular weight is 518 g/mol. The first kappa shape index (κ1) is 26.7. The van der Waals surface area contributed by atoms with E-state index >= 15 is 0 Å². The van der Waals surface area contributed by atoms with Crippen molar-refractivity contribution < 1.29 is 35.5 Å². The highest BCUT2D eigenvalue weighted by molar-refractivity contribution is 7.92. The van der Waals surface area contributed by atoms with Crippen molar-refractivity contribution in [2.75, 3.05) is 30.7 Å². The third-order valence-corrected chi connectivity index (χ3v) is 6.28. The first-order valence-electron chi connectivity index (χ1n) is 10.8. The molecule has 1 amide bonds.